The van der Waals surface area contributed by atoms with Gasteiger partial charge in [-0.3, -0.25) is 4.90 Å². The molecule has 0 aromatic heterocycles. The van der Waals surface area contributed by atoms with Crippen LogP contribution in [-0.2, 0) is 4.74 Å². The third-order valence-electron chi connectivity index (χ3n) is 3.45. The molecular formula is C11H22N2O2. The van der Waals surface area contributed by atoms with Crippen LogP contribution in [0.3, 0.4) is 0 Å². The highest BCUT2D eigenvalue weighted by Gasteiger charge is 2.33. The second-order valence-corrected chi connectivity index (χ2v) is 4.71. The van der Waals surface area contributed by atoms with E-state index < -0.39 is 0 Å². The van der Waals surface area contributed by atoms with Crippen molar-refractivity contribution in [1.29, 1.82) is 0 Å². The highest BCUT2D eigenvalue weighted by atomic mass is 16.5. The van der Waals surface area contributed by atoms with Gasteiger partial charge in [-0.15, -0.1) is 0 Å². The minimum atomic E-state index is -0.384. The van der Waals surface area contributed by atoms with Gasteiger partial charge in [0.25, 0.3) is 0 Å². The highest BCUT2D eigenvalue weighted by molar-refractivity contribution is 4.89. The largest absolute Gasteiger partial charge is 0.389 e. The number of rotatable bonds is 5. The molecule has 2 fully saturated rings. The molecule has 1 saturated carbocycles. The molecule has 2 N–H and O–H groups in total. The van der Waals surface area contributed by atoms with Crippen LogP contribution in [0.4, 0.5) is 0 Å². The molecule has 0 bridgehead atoms. The van der Waals surface area contributed by atoms with E-state index in [0.717, 1.165) is 58.8 Å². The van der Waals surface area contributed by atoms with E-state index in [2.05, 4.69) is 10.2 Å². The average Bonchev–Trinajstić information content (AvgIpc) is 2.23. The number of ether oxygens (including phenoxy) is 1. The van der Waals surface area contributed by atoms with Crippen LogP contribution in [-0.4, -0.2) is 61.5 Å². The Morgan fingerprint density at radius 2 is 2.00 bits per heavy atom. The Balaban J connectivity index is 1.50. The normalized spacial score (nSPS) is 26.2. The standard InChI is InChI=1S/C11H22N2O2/c14-11(2-1-3-11)10-12-4-5-13-6-8-15-9-7-13/h12,14H,1-10H2. The second-order valence-electron chi connectivity index (χ2n) is 4.71. The van der Waals surface area contributed by atoms with Gasteiger partial charge in [-0.25, -0.2) is 0 Å². The van der Waals surface area contributed by atoms with Gasteiger partial charge in [0.1, 0.15) is 0 Å². The fourth-order valence-electron chi connectivity index (χ4n) is 2.14. The van der Waals surface area contributed by atoms with E-state index in [9.17, 15) is 5.11 Å². The zero-order valence-electron chi connectivity index (χ0n) is 9.37. The lowest BCUT2D eigenvalue weighted by Crippen LogP contribution is -2.48. The Bertz CT molecular complexity index is 189. The number of morpholine rings is 1. The summed E-state index contributed by atoms with van der Waals surface area (Å²) in [6.45, 7) is 6.63. The van der Waals surface area contributed by atoms with Gasteiger partial charge in [0, 0.05) is 32.7 Å². The van der Waals surface area contributed by atoms with E-state index in [4.69, 9.17) is 4.74 Å². The van der Waals surface area contributed by atoms with Gasteiger partial charge < -0.3 is 15.2 Å². The molecule has 1 heterocycles. The van der Waals surface area contributed by atoms with Crippen molar-refractivity contribution in [3.63, 3.8) is 0 Å². The molecule has 4 nitrogen and oxygen atoms in total. The molecule has 4 heteroatoms. The van der Waals surface area contributed by atoms with Crippen molar-refractivity contribution in [3.05, 3.63) is 0 Å². The van der Waals surface area contributed by atoms with Gasteiger partial charge in [0.15, 0.2) is 0 Å². The van der Waals surface area contributed by atoms with E-state index in [-0.39, 0.29) is 5.60 Å². The summed E-state index contributed by atoms with van der Waals surface area (Å²) in [6.07, 6.45) is 3.12. The summed E-state index contributed by atoms with van der Waals surface area (Å²) in [5.74, 6) is 0. The molecule has 0 unspecified atom stereocenters. The number of hydrogen-bond donors (Lipinski definition) is 2. The third kappa shape index (κ3) is 3.41. The molecule has 1 saturated heterocycles. The fraction of sp³-hybridized carbons (Fsp3) is 1.00. The van der Waals surface area contributed by atoms with Gasteiger partial charge in [0.2, 0.25) is 0 Å². The molecule has 2 aliphatic rings. The molecule has 2 rings (SSSR count). The second kappa shape index (κ2) is 5.25. The maximum absolute atomic E-state index is 9.85. The molecule has 15 heavy (non-hydrogen) atoms. The van der Waals surface area contributed by atoms with Crippen LogP contribution in [0.2, 0.25) is 0 Å². The molecule has 0 aromatic rings. The molecule has 0 aromatic carbocycles. The molecule has 0 atom stereocenters. The van der Waals surface area contributed by atoms with Crippen molar-refractivity contribution >= 4 is 0 Å². The van der Waals surface area contributed by atoms with Crippen LogP contribution in [0.25, 0.3) is 0 Å². The lowest BCUT2D eigenvalue weighted by molar-refractivity contribution is -0.0319. The minimum absolute atomic E-state index is 0.384. The zero-order chi connectivity index (χ0) is 10.6. The smallest absolute Gasteiger partial charge is 0.0771 e. The Hall–Kier alpha value is -0.160. The van der Waals surface area contributed by atoms with Gasteiger partial charge >= 0.3 is 0 Å². The summed E-state index contributed by atoms with van der Waals surface area (Å²) in [5, 5.41) is 13.2. The fourth-order valence-corrected chi connectivity index (χ4v) is 2.14. The van der Waals surface area contributed by atoms with Crippen molar-refractivity contribution in [2.24, 2.45) is 0 Å². The Labute approximate surface area is 91.6 Å². The third-order valence-corrected chi connectivity index (χ3v) is 3.45. The number of aliphatic hydroxyl groups is 1. The molecular weight excluding hydrogens is 192 g/mol. The van der Waals surface area contributed by atoms with Crippen LogP contribution in [0.5, 0.6) is 0 Å². The van der Waals surface area contributed by atoms with Crippen molar-refractivity contribution in [1.82, 2.24) is 10.2 Å². The summed E-state index contributed by atoms with van der Waals surface area (Å²) in [4.78, 5) is 2.40. The Morgan fingerprint density at radius 1 is 1.27 bits per heavy atom. The number of nitrogens with zero attached hydrogens (tertiary/aromatic N) is 1. The molecule has 1 aliphatic heterocycles. The van der Waals surface area contributed by atoms with Gasteiger partial charge in [-0.2, -0.15) is 0 Å². The van der Waals surface area contributed by atoms with Gasteiger partial charge in [-0.05, 0) is 19.3 Å². The van der Waals surface area contributed by atoms with Crippen LogP contribution in [0.1, 0.15) is 19.3 Å². The predicted octanol–water partition coefficient (Wildman–Crippen LogP) is -0.177. The van der Waals surface area contributed by atoms with Crippen LogP contribution in [0, 0.1) is 0 Å². The molecule has 0 amide bonds. The lowest BCUT2D eigenvalue weighted by Gasteiger charge is -2.37. The topological polar surface area (TPSA) is 44.7 Å². The van der Waals surface area contributed by atoms with E-state index in [1.54, 1.807) is 0 Å². The van der Waals surface area contributed by atoms with Gasteiger partial charge in [-0.1, -0.05) is 0 Å². The number of nitrogens with one attached hydrogen (secondary N) is 1. The summed E-state index contributed by atoms with van der Waals surface area (Å²) < 4.78 is 5.28. The summed E-state index contributed by atoms with van der Waals surface area (Å²) in [5.41, 5.74) is -0.384. The van der Waals surface area contributed by atoms with Crippen molar-refractivity contribution in [2.45, 2.75) is 24.9 Å². The quantitative estimate of drug-likeness (QED) is 0.623. The lowest BCUT2D eigenvalue weighted by atomic mass is 9.80. The molecule has 0 radical (unpaired) electrons. The first-order valence-electron chi connectivity index (χ1n) is 6.02. The maximum Gasteiger partial charge on any atom is 0.0771 e. The zero-order valence-corrected chi connectivity index (χ0v) is 9.37. The highest BCUT2D eigenvalue weighted by Crippen LogP contribution is 2.30. The summed E-state index contributed by atoms with van der Waals surface area (Å²) in [7, 11) is 0. The van der Waals surface area contributed by atoms with Gasteiger partial charge in [0.05, 0.1) is 18.8 Å². The first kappa shape index (κ1) is 11.3. The molecule has 1 aliphatic carbocycles. The monoisotopic (exact) mass is 214 g/mol. The van der Waals surface area contributed by atoms with Crippen LogP contribution < -0.4 is 5.32 Å². The van der Waals surface area contributed by atoms with E-state index >= 15 is 0 Å². The predicted molar refractivity (Wildman–Crippen MR) is 58.9 cm³/mol. The van der Waals surface area contributed by atoms with Crippen molar-refractivity contribution < 1.29 is 9.84 Å². The first-order valence-corrected chi connectivity index (χ1v) is 6.02. The van der Waals surface area contributed by atoms with E-state index in [1.807, 2.05) is 0 Å². The average molecular weight is 214 g/mol. The van der Waals surface area contributed by atoms with Crippen LogP contribution in [0.15, 0.2) is 0 Å². The van der Waals surface area contributed by atoms with Crippen molar-refractivity contribution in [2.75, 3.05) is 45.9 Å². The molecule has 0 spiro atoms. The Kier molecular flexibility index (Phi) is 3.97. The van der Waals surface area contributed by atoms with E-state index in [0.29, 0.717) is 0 Å². The van der Waals surface area contributed by atoms with E-state index in [1.165, 1.54) is 6.42 Å². The minimum Gasteiger partial charge on any atom is -0.389 e. The SMILES string of the molecule is OC1(CNCCN2CCOCC2)CCC1. The first-order chi connectivity index (χ1) is 7.29. The maximum atomic E-state index is 9.85. The van der Waals surface area contributed by atoms with Crippen molar-refractivity contribution in [3.8, 4) is 0 Å². The van der Waals surface area contributed by atoms with Crippen LogP contribution >= 0.6 is 0 Å². The Morgan fingerprint density at radius 3 is 2.60 bits per heavy atom. The number of hydrogen-bond acceptors (Lipinski definition) is 4. The summed E-state index contributed by atoms with van der Waals surface area (Å²) in [6, 6.07) is 0. The molecule has 88 valence electrons. The summed E-state index contributed by atoms with van der Waals surface area (Å²) >= 11 is 0.